The Kier molecular flexibility index (Phi) is 2.85. The van der Waals surface area contributed by atoms with Gasteiger partial charge < -0.3 is 10.4 Å². The molecule has 82 valence electrons. The first-order valence-electron chi connectivity index (χ1n) is 6.02. The van der Waals surface area contributed by atoms with E-state index in [-0.39, 0.29) is 12.1 Å². The van der Waals surface area contributed by atoms with Gasteiger partial charge in [0.25, 0.3) is 0 Å². The molecule has 0 aromatic heterocycles. The van der Waals surface area contributed by atoms with Gasteiger partial charge in [0.05, 0.1) is 6.61 Å². The zero-order valence-corrected chi connectivity index (χ0v) is 9.42. The number of hydrogen-bond donors (Lipinski definition) is 2. The third-order valence-electron chi connectivity index (χ3n) is 3.77. The van der Waals surface area contributed by atoms with Crippen LogP contribution in [0.4, 0.5) is 0 Å². The van der Waals surface area contributed by atoms with Crippen LogP contribution in [0.25, 0.3) is 0 Å². The van der Waals surface area contributed by atoms with Gasteiger partial charge in [-0.25, -0.2) is 0 Å². The van der Waals surface area contributed by atoms with Crippen molar-refractivity contribution in [2.24, 2.45) is 11.8 Å². The second-order valence-corrected chi connectivity index (χ2v) is 5.57. The van der Waals surface area contributed by atoms with Crippen molar-refractivity contribution in [1.29, 1.82) is 0 Å². The molecule has 2 aliphatic rings. The standard InChI is InChI=1S/C12H23NO/c1-9(7-10-3-4-10)13-12(2,8-14)11-5-6-11/h9-11,13-14H,3-8H2,1-2H3. The molecule has 0 heterocycles. The highest BCUT2D eigenvalue weighted by atomic mass is 16.3. The van der Waals surface area contributed by atoms with Crippen molar-refractivity contribution in [2.45, 2.75) is 57.5 Å². The summed E-state index contributed by atoms with van der Waals surface area (Å²) in [5, 5.41) is 13.1. The zero-order valence-electron chi connectivity index (χ0n) is 9.42. The molecule has 0 aromatic carbocycles. The van der Waals surface area contributed by atoms with Crippen LogP contribution in [0.3, 0.4) is 0 Å². The first kappa shape index (κ1) is 10.4. The molecule has 0 radical (unpaired) electrons. The largest absolute Gasteiger partial charge is 0.394 e. The number of aliphatic hydroxyl groups excluding tert-OH is 1. The molecule has 2 saturated carbocycles. The summed E-state index contributed by atoms with van der Waals surface area (Å²) in [5.41, 5.74) is -0.00565. The van der Waals surface area contributed by atoms with Gasteiger partial charge in [-0.05, 0) is 44.9 Å². The van der Waals surface area contributed by atoms with Crippen molar-refractivity contribution in [3.8, 4) is 0 Å². The van der Waals surface area contributed by atoms with Gasteiger partial charge in [0.15, 0.2) is 0 Å². The van der Waals surface area contributed by atoms with E-state index in [1.807, 2.05) is 0 Å². The van der Waals surface area contributed by atoms with E-state index in [2.05, 4.69) is 19.2 Å². The maximum atomic E-state index is 9.43. The van der Waals surface area contributed by atoms with Crippen molar-refractivity contribution >= 4 is 0 Å². The van der Waals surface area contributed by atoms with Crippen LogP contribution in [0.2, 0.25) is 0 Å². The molecule has 0 amide bonds. The van der Waals surface area contributed by atoms with Crippen molar-refractivity contribution in [1.82, 2.24) is 5.32 Å². The molecule has 2 atom stereocenters. The Morgan fingerprint density at radius 1 is 1.36 bits per heavy atom. The fourth-order valence-corrected chi connectivity index (χ4v) is 2.49. The molecule has 2 fully saturated rings. The Hall–Kier alpha value is -0.0800. The van der Waals surface area contributed by atoms with E-state index in [0.717, 1.165) is 5.92 Å². The summed E-state index contributed by atoms with van der Waals surface area (Å²) in [7, 11) is 0. The second kappa shape index (κ2) is 3.82. The first-order valence-corrected chi connectivity index (χ1v) is 6.02. The number of nitrogens with one attached hydrogen (secondary N) is 1. The van der Waals surface area contributed by atoms with Gasteiger partial charge in [-0.2, -0.15) is 0 Å². The Bertz CT molecular complexity index is 198. The average Bonchev–Trinajstić information content (AvgIpc) is 2.96. The molecule has 2 nitrogen and oxygen atoms in total. The Labute approximate surface area is 87.1 Å². The fourth-order valence-electron chi connectivity index (χ4n) is 2.49. The van der Waals surface area contributed by atoms with E-state index in [0.29, 0.717) is 12.0 Å². The van der Waals surface area contributed by atoms with Crippen LogP contribution in [0.15, 0.2) is 0 Å². The van der Waals surface area contributed by atoms with E-state index < -0.39 is 0 Å². The third kappa shape index (κ3) is 2.48. The summed E-state index contributed by atoms with van der Waals surface area (Å²) < 4.78 is 0. The lowest BCUT2D eigenvalue weighted by Crippen LogP contribution is -2.51. The SMILES string of the molecule is CC(CC1CC1)NC(C)(CO)C1CC1. The van der Waals surface area contributed by atoms with E-state index >= 15 is 0 Å². The molecule has 0 aromatic rings. The Morgan fingerprint density at radius 3 is 2.43 bits per heavy atom. The molecule has 0 spiro atoms. The maximum absolute atomic E-state index is 9.43. The van der Waals surface area contributed by atoms with Gasteiger partial charge in [0.1, 0.15) is 0 Å². The summed E-state index contributed by atoms with van der Waals surface area (Å²) in [6, 6.07) is 0.570. The third-order valence-corrected chi connectivity index (χ3v) is 3.77. The summed E-state index contributed by atoms with van der Waals surface area (Å²) >= 11 is 0. The molecule has 0 aliphatic heterocycles. The van der Waals surface area contributed by atoms with Crippen molar-refractivity contribution in [2.75, 3.05) is 6.61 Å². The highest BCUT2D eigenvalue weighted by molar-refractivity contribution is 4.99. The van der Waals surface area contributed by atoms with E-state index in [9.17, 15) is 5.11 Å². The van der Waals surface area contributed by atoms with Gasteiger partial charge in [-0.3, -0.25) is 0 Å². The molecule has 2 unspecified atom stereocenters. The molecule has 0 bridgehead atoms. The molecule has 2 N–H and O–H groups in total. The molecule has 14 heavy (non-hydrogen) atoms. The Morgan fingerprint density at radius 2 is 2.00 bits per heavy atom. The van der Waals surface area contributed by atoms with E-state index in [1.165, 1.54) is 32.1 Å². The van der Waals surface area contributed by atoms with Crippen LogP contribution in [-0.4, -0.2) is 23.3 Å². The van der Waals surface area contributed by atoms with Gasteiger partial charge in [0, 0.05) is 11.6 Å². The molecule has 2 aliphatic carbocycles. The quantitative estimate of drug-likeness (QED) is 0.682. The minimum Gasteiger partial charge on any atom is -0.394 e. The smallest absolute Gasteiger partial charge is 0.0613 e. The van der Waals surface area contributed by atoms with E-state index in [1.54, 1.807) is 0 Å². The van der Waals surface area contributed by atoms with Crippen molar-refractivity contribution in [3.05, 3.63) is 0 Å². The minimum absolute atomic E-state index is 0.00565. The van der Waals surface area contributed by atoms with Gasteiger partial charge in [-0.15, -0.1) is 0 Å². The molecule has 2 heteroatoms. The molecule has 0 saturated heterocycles. The van der Waals surface area contributed by atoms with Crippen molar-refractivity contribution in [3.63, 3.8) is 0 Å². The molecular formula is C12H23NO. The molecule has 2 rings (SSSR count). The predicted octanol–water partition coefficient (Wildman–Crippen LogP) is 1.93. The highest BCUT2D eigenvalue weighted by Crippen LogP contribution is 2.40. The predicted molar refractivity (Wildman–Crippen MR) is 58.2 cm³/mol. The average molecular weight is 197 g/mol. The normalized spacial score (nSPS) is 28.5. The van der Waals surface area contributed by atoms with Gasteiger partial charge >= 0.3 is 0 Å². The number of aliphatic hydroxyl groups is 1. The summed E-state index contributed by atoms with van der Waals surface area (Å²) in [6.07, 6.45) is 6.72. The minimum atomic E-state index is -0.00565. The second-order valence-electron chi connectivity index (χ2n) is 5.57. The van der Waals surface area contributed by atoms with Crippen LogP contribution in [0, 0.1) is 11.8 Å². The summed E-state index contributed by atoms with van der Waals surface area (Å²) in [5.74, 6) is 1.69. The van der Waals surface area contributed by atoms with Crippen molar-refractivity contribution < 1.29 is 5.11 Å². The van der Waals surface area contributed by atoms with Crippen LogP contribution in [0.1, 0.15) is 46.0 Å². The van der Waals surface area contributed by atoms with Crippen LogP contribution in [0.5, 0.6) is 0 Å². The first-order chi connectivity index (χ1) is 6.64. The monoisotopic (exact) mass is 197 g/mol. The Balaban J connectivity index is 1.79. The number of hydrogen-bond acceptors (Lipinski definition) is 2. The molecular weight excluding hydrogens is 174 g/mol. The highest BCUT2D eigenvalue weighted by Gasteiger charge is 2.41. The topological polar surface area (TPSA) is 32.3 Å². The van der Waals surface area contributed by atoms with Gasteiger partial charge in [-0.1, -0.05) is 12.8 Å². The lowest BCUT2D eigenvalue weighted by atomic mass is 9.95. The lowest BCUT2D eigenvalue weighted by molar-refractivity contribution is 0.141. The van der Waals surface area contributed by atoms with Gasteiger partial charge in [0.2, 0.25) is 0 Å². The number of rotatable bonds is 6. The fraction of sp³-hybridized carbons (Fsp3) is 1.00. The van der Waals surface area contributed by atoms with Crippen LogP contribution >= 0.6 is 0 Å². The summed E-state index contributed by atoms with van der Waals surface area (Å²) in [4.78, 5) is 0. The van der Waals surface area contributed by atoms with E-state index in [4.69, 9.17) is 0 Å². The van der Waals surface area contributed by atoms with Crippen LogP contribution in [-0.2, 0) is 0 Å². The lowest BCUT2D eigenvalue weighted by Gasteiger charge is -2.32. The summed E-state index contributed by atoms with van der Waals surface area (Å²) in [6.45, 7) is 4.72. The van der Waals surface area contributed by atoms with Crippen LogP contribution < -0.4 is 5.32 Å². The maximum Gasteiger partial charge on any atom is 0.0613 e. The zero-order chi connectivity index (χ0) is 10.2.